The van der Waals surface area contributed by atoms with E-state index in [1.54, 1.807) is 0 Å². The second-order valence-corrected chi connectivity index (χ2v) is 26.1. The van der Waals surface area contributed by atoms with Crippen LogP contribution in [-0.4, -0.2) is 62.9 Å². The Morgan fingerprint density at radius 2 is 0.479 bits per heavy atom. The Morgan fingerprint density at radius 1 is 0.260 bits per heavy atom. The predicted molar refractivity (Wildman–Crippen MR) is 405 cm³/mol. The molecule has 0 aromatic heterocycles. The number of unbranched alkanes of at least 4 members (excludes halogenated alkanes) is 10. The van der Waals surface area contributed by atoms with E-state index in [9.17, 15) is 0 Å². The van der Waals surface area contributed by atoms with Crippen LogP contribution in [0.25, 0.3) is 55.9 Å². The van der Waals surface area contributed by atoms with E-state index < -0.39 is 0 Å². The number of rotatable bonds is 28. The van der Waals surface area contributed by atoms with E-state index in [2.05, 4.69) is 319 Å². The van der Waals surface area contributed by atoms with Gasteiger partial charge in [0.25, 0.3) is 11.8 Å². The van der Waals surface area contributed by atoms with Crippen LogP contribution in [0.5, 0.6) is 0 Å². The highest BCUT2D eigenvalue weighted by atomic mass is 16.2. The van der Waals surface area contributed by atoms with Gasteiger partial charge >= 0.3 is 0 Å². The SMILES string of the molecule is CCCCCCCCN1C(=O)C2=C(c3ccc(-c4ccc(/C(=C(\c5ccccc5)c5ccc(N(C)C)cc5)c5ccccc5)cc4)cc3)N(CCCCCCCC)C(=O)C2=C1c1ccc(-c2ccc(/C(=C(\c3ccccc3)c3ccc(N(C)C)cc3)c3ccccc3)cc2)cc1. The smallest absolute Gasteiger partial charge is 0.261 e. The third-order valence-corrected chi connectivity index (χ3v) is 19.1. The number of amides is 2. The van der Waals surface area contributed by atoms with Gasteiger partial charge in [0.15, 0.2) is 0 Å². The number of carbonyl (C=O) groups is 2. The lowest BCUT2D eigenvalue weighted by molar-refractivity contribution is -0.124. The summed E-state index contributed by atoms with van der Waals surface area (Å²) >= 11 is 0. The Bertz CT molecular complexity index is 4090. The number of nitrogens with zero attached hydrogens (tertiary/aromatic N) is 4. The molecule has 0 atom stereocenters. The summed E-state index contributed by atoms with van der Waals surface area (Å²) in [6.07, 6.45) is 13.1. The van der Waals surface area contributed by atoms with Gasteiger partial charge < -0.3 is 19.6 Å². The minimum absolute atomic E-state index is 0.0849. The Hall–Kier alpha value is -10.3. The van der Waals surface area contributed by atoms with Crippen molar-refractivity contribution in [3.8, 4) is 22.3 Å². The lowest BCUT2D eigenvalue weighted by Crippen LogP contribution is -2.31. The maximum atomic E-state index is 15.6. The molecule has 0 N–H and O–H groups in total. The van der Waals surface area contributed by atoms with Gasteiger partial charge in [0.2, 0.25) is 0 Å². The molecular formula is C90H90N4O2. The van der Waals surface area contributed by atoms with Crippen LogP contribution >= 0.6 is 0 Å². The zero-order valence-electron chi connectivity index (χ0n) is 56.9. The molecule has 0 aliphatic carbocycles. The number of benzene rings is 10. The van der Waals surface area contributed by atoms with Crippen LogP contribution in [-0.2, 0) is 9.59 Å². The van der Waals surface area contributed by atoms with Crippen molar-refractivity contribution in [3.05, 3.63) is 334 Å². The minimum Gasteiger partial charge on any atom is -0.378 e. The molecule has 6 nitrogen and oxygen atoms in total. The maximum absolute atomic E-state index is 15.6. The fraction of sp³-hybridized carbons (Fsp3) is 0.222. The van der Waals surface area contributed by atoms with Crippen molar-refractivity contribution in [2.24, 2.45) is 0 Å². The number of hydrogen-bond donors (Lipinski definition) is 0. The molecule has 0 saturated carbocycles. The topological polar surface area (TPSA) is 47.1 Å². The van der Waals surface area contributed by atoms with Gasteiger partial charge in [-0.15, -0.1) is 0 Å². The minimum atomic E-state index is -0.0849. The van der Waals surface area contributed by atoms with Gasteiger partial charge in [0.05, 0.1) is 22.5 Å². The van der Waals surface area contributed by atoms with Crippen molar-refractivity contribution in [3.63, 3.8) is 0 Å². The van der Waals surface area contributed by atoms with Crippen LogP contribution in [0.1, 0.15) is 147 Å². The third-order valence-electron chi connectivity index (χ3n) is 19.1. The third kappa shape index (κ3) is 14.6. The first-order valence-corrected chi connectivity index (χ1v) is 34.9. The molecule has 0 bridgehead atoms. The first-order chi connectivity index (χ1) is 47.1. The Balaban J connectivity index is 0.904. The first kappa shape index (κ1) is 65.7. The van der Waals surface area contributed by atoms with Crippen LogP contribution in [0, 0.1) is 0 Å². The Labute approximate surface area is 570 Å². The van der Waals surface area contributed by atoms with Crippen LogP contribution in [0.2, 0.25) is 0 Å². The second kappa shape index (κ2) is 31.3. The molecule has 10 aromatic rings. The van der Waals surface area contributed by atoms with Crippen LogP contribution in [0.4, 0.5) is 11.4 Å². The average Bonchev–Trinajstić information content (AvgIpc) is 1.55. The van der Waals surface area contributed by atoms with Crippen molar-refractivity contribution in [2.75, 3.05) is 51.1 Å². The number of anilines is 2. The highest BCUT2D eigenvalue weighted by molar-refractivity contribution is 6.30. The molecule has 2 heterocycles. The van der Waals surface area contributed by atoms with E-state index in [4.69, 9.17) is 0 Å². The Morgan fingerprint density at radius 3 is 0.740 bits per heavy atom. The molecule has 12 rings (SSSR count). The average molecular weight is 1260 g/mol. The molecule has 482 valence electrons. The number of hydrogen-bond acceptors (Lipinski definition) is 4. The summed E-state index contributed by atoms with van der Waals surface area (Å²) in [6.45, 7) is 5.57. The molecule has 6 heteroatoms. The van der Waals surface area contributed by atoms with Crippen molar-refractivity contribution in [1.29, 1.82) is 0 Å². The fourth-order valence-electron chi connectivity index (χ4n) is 13.9. The highest BCUT2D eigenvalue weighted by Gasteiger charge is 2.48. The highest BCUT2D eigenvalue weighted by Crippen LogP contribution is 2.48. The zero-order chi connectivity index (χ0) is 66.3. The summed E-state index contributed by atoms with van der Waals surface area (Å²) in [6, 6.07) is 95.6. The first-order valence-electron chi connectivity index (χ1n) is 34.9. The van der Waals surface area contributed by atoms with Crippen LogP contribution in [0.3, 0.4) is 0 Å². The fourth-order valence-corrected chi connectivity index (χ4v) is 13.9. The summed E-state index contributed by atoms with van der Waals surface area (Å²) in [5.74, 6) is -0.170. The Kier molecular flexibility index (Phi) is 21.4. The van der Waals surface area contributed by atoms with Gasteiger partial charge in [-0.1, -0.05) is 321 Å². The van der Waals surface area contributed by atoms with Gasteiger partial charge in [-0.05, 0) is 137 Å². The number of carbonyl (C=O) groups excluding carboxylic acids is 2. The van der Waals surface area contributed by atoms with Crippen LogP contribution < -0.4 is 9.80 Å². The van der Waals surface area contributed by atoms with E-state index in [1.807, 2.05) is 9.80 Å². The lowest BCUT2D eigenvalue weighted by atomic mass is 9.85. The van der Waals surface area contributed by atoms with Crippen molar-refractivity contribution >= 4 is 56.9 Å². The summed E-state index contributed by atoms with van der Waals surface area (Å²) in [7, 11) is 8.30. The summed E-state index contributed by atoms with van der Waals surface area (Å²) in [5.41, 5.74) is 24.6. The molecule has 2 aliphatic rings. The molecule has 0 saturated heterocycles. The molecule has 0 radical (unpaired) electrons. The van der Waals surface area contributed by atoms with Gasteiger partial charge in [-0.25, -0.2) is 0 Å². The van der Waals surface area contributed by atoms with E-state index in [0.29, 0.717) is 24.2 Å². The van der Waals surface area contributed by atoms with E-state index in [1.165, 1.54) is 49.7 Å². The van der Waals surface area contributed by atoms with Crippen molar-refractivity contribution in [2.45, 2.75) is 90.9 Å². The van der Waals surface area contributed by atoms with Crippen molar-refractivity contribution in [1.82, 2.24) is 9.80 Å². The van der Waals surface area contributed by atoms with Gasteiger partial charge in [-0.3, -0.25) is 9.59 Å². The van der Waals surface area contributed by atoms with Crippen molar-refractivity contribution < 1.29 is 9.59 Å². The van der Waals surface area contributed by atoms with E-state index in [-0.39, 0.29) is 11.8 Å². The standard InChI is InChI=1S/C90H90N4O2/c1-7-9-11-13-15-29-63-93-87(77-51-43-67(44-52-77)65-39-47-73(48-40-65)81(69-31-21-17-22-32-69)83(71-35-25-19-26-36-71)75-55-59-79(60-56-75)91(3)4)85-86(89(93)95)88(94(90(85)96)64-30-16-14-12-10-8-2)78-53-45-68(46-54-78)66-41-49-74(50-42-66)82(70-33-23-18-24-34-70)84(72-37-27-20-28-38-72)76-57-61-80(62-58-76)92(5)6/h17-28,31-62H,7-16,29-30,63-64H2,1-6H3/b83-81+,84-82+. The maximum Gasteiger partial charge on any atom is 0.261 e. The van der Waals surface area contributed by atoms with E-state index >= 15 is 9.59 Å². The molecular weight excluding hydrogens is 1170 g/mol. The second-order valence-electron chi connectivity index (χ2n) is 26.1. The summed E-state index contributed by atoms with van der Waals surface area (Å²) in [4.78, 5) is 39.3. The molecule has 0 spiro atoms. The van der Waals surface area contributed by atoms with E-state index in [0.717, 1.165) is 150 Å². The zero-order valence-corrected chi connectivity index (χ0v) is 56.9. The molecule has 96 heavy (non-hydrogen) atoms. The monoisotopic (exact) mass is 1260 g/mol. The quantitative estimate of drug-likeness (QED) is 0.0362. The predicted octanol–water partition coefficient (Wildman–Crippen LogP) is 21.7. The number of fused-ring (bicyclic) bond motifs is 1. The summed E-state index contributed by atoms with van der Waals surface area (Å²) < 4.78 is 0. The molecule has 2 amide bonds. The van der Waals surface area contributed by atoms with Gasteiger partial charge in [0, 0.05) is 52.7 Å². The normalized spacial score (nSPS) is 13.5. The largest absolute Gasteiger partial charge is 0.378 e. The lowest BCUT2D eigenvalue weighted by Gasteiger charge is -2.26. The summed E-state index contributed by atoms with van der Waals surface area (Å²) in [5, 5.41) is 0. The van der Waals surface area contributed by atoms with Crippen LogP contribution in [0.15, 0.2) is 278 Å². The molecule has 0 fully saturated rings. The van der Waals surface area contributed by atoms with Gasteiger partial charge in [0.1, 0.15) is 0 Å². The molecule has 10 aromatic carbocycles. The van der Waals surface area contributed by atoms with Gasteiger partial charge in [-0.2, -0.15) is 0 Å². The molecule has 2 aliphatic heterocycles. The molecule has 0 unspecified atom stereocenters.